The number of nitrogens with one attached hydrogen (secondary N) is 2. The van der Waals surface area contributed by atoms with E-state index in [1.807, 2.05) is 18.2 Å². The van der Waals surface area contributed by atoms with Crippen molar-refractivity contribution in [2.24, 2.45) is 0 Å². The van der Waals surface area contributed by atoms with E-state index in [2.05, 4.69) is 15.4 Å². The van der Waals surface area contributed by atoms with Crippen LogP contribution in [-0.2, 0) is 9.53 Å². The van der Waals surface area contributed by atoms with Crippen molar-refractivity contribution < 1.29 is 14.3 Å². The molecule has 0 saturated carbocycles. The standard InChI is InChI=1S/C13H16N2O3.ClH/c1-18-13(17)11-7-10(8-14-11)15-12(16)9-5-3-2-4-6-9;/h2-6,10-11,14H,7-8H2,1H3,(H,15,16);1H/t10-,11-;/m0./s1. The molecule has 2 rings (SSSR count). The normalized spacial score (nSPS) is 21.3. The molecule has 0 unspecified atom stereocenters. The number of ether oxygens (including phenoxy) is 1. The number of esters is 1. The summed E-state index contributed by atoms with van der Waals surface area (Å²) >= 11 is 0. The van der Waals surface area contributed by atoms with E-state index in [0.29, 0.717) is 18.5 Å². The molecule has 2 N–H and O–H groups in total. The molecule has 19 heavy (non-hydrogen) atoms. The fourth-order valence-electron chi connectivity index (χ4n) is 2.03. The van der Waals surface area contributed by atoms with E-state index >= 15 is 0 Å². The Balaban J connectivity index is 0.00000180. The van der Waals surface area contributed by atoms with E-state index in [1.54, 1.807) is 12.1 Å². The molecule has 0 bridgehead atoms. The van der Waals surface area contributed by atoms with Crippen molar-refractivity contribution in [2.45, 2.75) is 18.5 Å². The maximum atomic E-state index is 11.9. The second-order valence-corrected chi connectivity index (χ2v) is 4.26. The monoisotopic (exact) mass is 284 g/mol. The minimum atomic E-state index is -0.323. The molecule has 1 fully saturated rings. The van der Waals surface area contributed by atoms with Crippen LogP contribution in [0.25, 0.3) is 0 Å². The maximum absolute atomic E-state index is 11.9. The highest BCUT2D eigenvalue weighted by atomic mass is 35.5. The van der Waals surface area contributed by atoms with E-state index in [0.717, 1.165) is 0 Å². The number of carbonyl (C=O) groups excluding carboxylic acids is 2. The summed E-state index contributed by atoms with van der Waals surface area (Å²) in [5.41, 5.74) is 0.624. The highest BCUT2D eigenvalue weighted by Gasteiger charge is 2.30. The van der Waals surface area contributed by atoms with Gasteiger partial charge in [0.25, 0.3) is 5.91 Å². The van der Waals surface area contributed by atoms with Gasteiger partial charge in [-0.1, -0.05) is 18.2 Å². The van der Waals surface area contributed by atoms with Gasteiger partial charge in [-0.3, -0.25) is 9.59 Å². The summed E-state index contributed by atoms with van der Waals surface area (Å²) in [6.45, 7) is 0.582. The van der Waals surface area contributed by atoms with Crippen LogP contribution in [0.2, 0.25) is 0 Å². The van der Waals surface area contributed by atoms with E-state index in [9.17, 15) is 9.59 Å². The molecule has 2 atom stereocenters. The molecule has 0 aliphatic carbocycles. The van der Waals surface area contributed by atoms with Gasteiger partial charge in [-0.15, -0.1) is 12.4 Å². The van der Waals surface area contributed by atoms with Crippen molar-refractivity contribution in [2.75, 3.05) is 13.7 Å². The predicted molar refractivity (Wildman–Crippen MR) is 73.4 cm³/mol. The first-order chi connectivity index (χ1) is 8.70. The lowest BCUT2D eigenvalue weighted by Gasteiger charge is -2.11. The van der Waals surface area contributed by atoms with Crippen molar-refractivity contribution in [1.29, 1.82) is 0 Å². The Hall–Kier alpha value is -1.59. The minimum Gasteiger partial charge on any atom is -0.468 e. The van der Waals surface area contributed by atoms with Gasteiger partial charge < -0.3 is 15.4 Å². The van der Waals surface area contributed by atoms with Gasteiger partial charge in [0.1, 0.15) is 6.04 Å². The van der Waals surface area contributed by atoms with Crippen molar-refractivity contribution in [3.05, 3.63) is 35.9 Å². The topological polar surface area (TPSA) is 67.4 Å². The van der Waals surface area contributed by atoms with Crippen LogP contribution in [0.4, 0.5) is 0 Å². The minimum absolute atomic E-state index is 0. The predicted octanol–water partition coefficient (Wildman–Crippen LogP) is 0.742. The molecule has 104 valence electrons. The number of amides is 1. The van der Waals surface area contributed by atoms with Crippen LogP contribution in [0.15, 0.2) is 30.3 Å². The van der Waals surface area contributed by atoms with Gasteiger partial charge in [0.15, 0.2) is 0 Å². The smallest absolute Gasteiger partial charge is 0.322 e. The molecule has 1 aromatic rings. The Morgan fingerprint density at radius 1 is 1.32 bits per heavy atom. The van der Waals surface area contributed by atoms with Crippen LogP contribution in [0, 0.1) is 0 Å². The number of methoxy groups -OCH3 is 1. The summed E-state index contributed by atoms with van der Waals surface area (Å²) in [5, 5.41) is 5.92. The molecule has 0 spiro atoms. The van der Waals surface area contributed by atoms with E-state index in [4.69, 9.17) is 0 Å². The van der Waals surface area contributed by atoms with Crippen LogP contribution in [0.1, 0.15) is 16.8 Å². The quantitative estimate of drug-likeness (QED) is 0.804. The molecule has 1 aliphatic heterocycles. The Labute approximate surface area is 118 Å². The molecule has 1 aliphatic rings. The molecule has 1 aromatic carbocycles. The molecule has 6 heteroatoms. The zero-order chi connectivity index (χ0) is 13.0. The lowest BCUT2D eigenvalue weighted by Crippen LogP contribution is -2.36. The van der Waals surface area contributed by atoms with Gasteiger partial charge in [-0.05, 0) is 18.6 Å². The van der Waals surface area contributed by atoms with Crippen LogP contribution in [-0.4, -0.2) is 37.6 Å². The van der Waals surface area contributed by atoms with Crippen LogP contribution in [0.3, 0.4) is 0 Å². The Kier molecular flexibility index (Phi) is 5.79. The second-order valence-electron chi connectivity index (χ2n) is 4.26. The Morgan fingerprint density at radius 3 is 2.63 bits per heavy atom. The number of halogens is 1. The van der Waals surface area contributed by atoms with Crippen molar-refractivity contribution in [1.82, 2.24) is 10.6 Å². The van der Waals surface area contributed by atoms with Gasteiger partial charge in [0.2, 0.25) is 0 Å². The maximum Gasteiger partial charge on any atom is 0.322 e. The van der Waals surface area contributed by atoms with Crippen molar-refractivity contribution >= 4 is 24.3 Å². The van der Waals surface area contributed by atoms with Gasteiger partial charge in [-0.2, -0.15) is 0 Å². The lowest BCUT2D eigenvalue weighted by molar-refractivity contribution is -0.142. The van der Waals surface area contributed by atoms with Crippen LogP contribution < -0.4 is 10.6 Å². The summed E-state index contributed by atoms with van der Waals surface area (Å²) in [6, 6.07) is 8.66. The second kappa shape index (κ2) is 7.11. The fourth-order valence-corrected chi connectivity index (χ4v) is 2.03. The molecule has 5 nitrogen and oxygen atoms in total. The number of hydrogen-bond donors (Lipinski definition) is 2. The average molecular weight is 285 g/mol. The first kappa shape index (κ1) is 15.5. The Bertz CT molecular complexity index is 439. The number of benzene rings is 1. The van der Waals surface area contributed by atoms with Crippen molar-refractivity contribution in [3.63, 3.8) is 0 Å². The molecule has 0 aromatic heterocycles. The van der Waals surface area contributed by atoms with Gasteiger partial charge in [0, 0.05) is 18.2 Å². The highest BCUT2D eigenvalue weighted by Crippen LogP contribution is 2.09. The van der Waals surface area contributed by atoms with E-state index in [1.165, 1.54) is 7.11 Å². The van der Waals surface area contributed by atoms with Crippen LogP contribution in [0.5, 0.6) is 0 Å². The number of rotatable bonds is 3. The molecular weight excluding hydrogens is 268 g/mol. The number of hydrogen-bond acceptors (Lipinski definition) is 4. The first-order valence-corrected chi connectivity index (χ1v) is 5.88. The third-order valence-electron chi connectivity index (χ3n) is 2.99. The fraction of sp³-hybridized carbons (Fsp3) is 0.385. The zero-order valence-corrected chi connectivity index (χ0v) is 11.4. The third-order valence-corrected chi connectivity index (χ3v) is 2.99. The molecule has 1 saturated heterocycles. The lowest BCUT2D eigenvalue weighted by atomic mass is 10.1. The number of carbonyl (C=O) groups is 2. The first-order valence-electron chi connectivity index (χ1n) is 5.88. The summed E-state index contributed by atoms with van der Waals surface area (Å²) in [4.78, 5) is 23.2. The van der Waals surface area contributed by atoms with Gasteiger partial charge in [0.05, 0.1) is 7.11 Å². The average Bonchev–Trinajstić information content (AvgIpc) is 2.87. The van der Waals surface area contributed by atoms with E-state index in [-0.39, 0.29) is 36.4 Å². The SMILES string of the molecule is COC(=O)[C@@H]1C[C@H](NC(=O)c2ccccc2)CN1.Cl. The van der Waals surface area contributed by atoms with Gasteiger partial charge in [-0.25, -0.2) is 0 Å². The third kappa shape index (κ3) is 3.94. The molecule has 1 amide bonds. The Morgan fingerprint density at radius 2 is 2.00 bits per heavy atom. The molecule has 0 radical (unpaired) electrons. The highest BCUT2D eigenvalue weighted by molar-refractivity contribution is 5.94. The molecular formula is C13H17ClN2O3. The summed E-state index contributed by atoms with van der Waals surface area (Å²) in [7, 11) is 1.36. The zero-order valence-electron chi connectivity index (χ0n) is 10.6. The summed E-state index contributed by atoms with van der Waals surface area (Å²) in [6.07, 6.45) is 0.561. The summed E-state index contributed by atoms with van der Waals surface area (Å²) in [5.74, 6) is -0.403. The summed E-state index contributed by atoms with van der Waals surface area (Å²) < 4.78 is 4.66. The van der Waals surface area contributed by atoms with Crippen LogP contribution >= 0.6 is 12.4 Å². The van der Waals surface area contributed by atoms with E-state index < -0.39 is 0 Å². The molecule has 1 heterocycles. The van der Waals surface area contributed by atoms with Gasteiger partial charge >= 0.3 is 5.97 Å². The largest absolute Gasteiger partial charge is 0.468 e. The van der Waals surface area contributed by atoms with Crippen molar-refractivity contribution in [3.8, 4) is 0 Å².